The van der Waals surface area contributed by atoms with Crippen LogP contribution in [-0.2, 0) is 6.54 Å². The van der Waals surface area contributed by atoms with Crippen LogP contribution in [0.3, 0.4) is 0 Å². The van der Waals surface area contributed by atoms with E-state index in [2.05, 4.69) is 9.97 Å². The molecule has 0 aliphatic rings. The smallest absolute Gasteiger partial charge is 0.342 e. The van der Waals surface area contributed by atoms with Gasteiger partial charge in [-0.3, -0.25) is 13.9 Å². The number of imidazole rings is 1. The van der Waals surface area contributed by atoms with Crippen molar-refractivity contribution >= 4 is 35.1 Å². The summed E-state index contributed by atoms with van der Waals surface area (Å²) in [7, 11) is 0. The summed E-state index contributed by atoms with van der Waals surface area (Å²) in [4.78, 5) is 44.4. The fourth-order valence-electron chi connectivity index (χ4n) is 3.20. The van der Waals surface area contributed by atoms with E-state index in [0.717, 1.165) is 20.9 Å². The van der Waals surface area contributed by atoms with Gasteiger partial charge in [0.05, 0.1) is 34.2 Å². The van der Waals surface area contributed by atoms with Crippen LogP contribution in [0.25, 0.3) is 16.9 Å². The summed E-state index contributed by atoms with van der Waals surface area (Å²) in [5, 5.41) is 9.94. The van der Waals surface area contributed by atoms with Crippen molar-refractivity contribution < 1.29 is 9.90 Å². The van der Waals surface area contributed by atoms with Crippen LogP contribution < -0.4 is 17.0 Å². The van der Waals surface area contributed by atoms with E-state index < -0.39 is 22.8 Å². The summed E-state index contributed by atoms with van der Waals surface area (Å²) in [5.74, 6) is -1.20. The highest BCUT2D eigenvalue weighted by molar-refractivity contribution is 6.42. The number of benzene rings is 2. The molecular weight excluding hydrogens is 457 g/mol. The fourth-order valence-corrected chi connectivity index (χ4v) is 3.58. The number of halogens is 2. The molecule has 0 atom stereocenters. The lowest BCUT2D eigenvalue weighted by molar-refractivity contribution is 0.0693. The summed E-state index contributed by atoms with van der Waals surface area (Å²) < 4.78 is 1.90. The SMILES string of the molecule is Nc1ncc(-c2ccc(-n3cc(C(=O)O)c(=O)n(Cc4cccc(Cl)c4Cl)c3=O)cc2)[nH]1. The lowest BCUT2D eigenvalue weighted by Crippen LogP contribution is -2.42. The van der Waals surface area contributed by atoms with Crippen molar-refractivity contribution in [1.82, 2.24) is 19.1 Å². The summed E-state index contributed by atoms with van der Waals surface area (Å²) in [6, 6.07) is 11.4. The summed E-state index contributed by atoms with van der Waals surface area (Å²) >= 11 is 12.2. The number of H-pyrrole nitrogens is 1. The molecule has 162 valence electrons. The Kier molecular flexibility index (Phi) is 5.60. The van der Waals surface area contributed by atoms with Gasteiger partial charge in [0.25, 0.3) is 5.56 Å². The molecule has 32 heavy (non-hydrogen) atoms. The van der Waals surface area contributed by atoms with Crippen LogP contribution in [0.2, 0.25) is 10.0 Å². The molecule has 4 aromatic rings. The highest BCUT2D eigenvalue weighted by atomic mass is 35.5. The maximum atomic E-state index is 13.1. The molecule has 2 aromatic heterocycles. The summed E-state index contributed by atoms with van der Waals surface area (Å²) in [6.45, 7) is -0.246. The number of hydrogen-bond acceptors (Lipinski definition) is 5. The molecule has 0 unspecified atom stereocenters. The topological polar surface area (TPSA) is 136 Å². The second kappa shape index (κ2) is 8.37. The highest BCUT2D eigenvalue weighted by Gasteiger charge is 2.19. The Morgan fingerprint density at radius 3 is 2.47 bits per heavy atom. The molecule has 0 amide bonds. The van der Waals surface area contributed by atoms with Gasteiger partial charge in [-0.15, -0.1) is 0 Å². The quantitative estimate of drug-likeness (QED) is 0.409. The Labute approximate surface area is 190 Å². The maximum absolute atomic E-state index is 13.1. The van der Waals surface area contributed by atoms with E-state index in [1.807, 2.05) is 0 Å². The Hall–Kier alpha value is -3.82. The van der Waals surface area contributed by atoms with Gasteiger partial charge in [-0.2, -0.15) is 0 Å². The first-order chi connectivity index (χ1) is 15.3. The second-order valence-corrected chi connectivity index (χ2v) is 7.62. The van der Waals surface area contributed by atoms with Gasteiger partial charge >= 0.3 is 11.7 Å². The molecule has 2 aromatic carbocycles. The normalized spacial score (nSPS) is 10.9. The van der Waals surface area contributed by atoms with E-state index in [9.17, 15) is 19.5 Å². The zero-order chi connectivity index (χ0) is 23.0. The number of carboxylic acids is 1. The van der Waals surface area contributed by atoms with Crippen LogP contribution in [0.15, 0.2) is 64.4 Å². The minimum absolute atomic E-state index is 0.177. The van der Waals surface area contributed by atoms with Crippen LogP contribution in [0.5, 0.6) is 0 Å². The zero-order valence-electron chi connectivity index (χ0n) is 16.3. The first-order valence-corrected chi connectivity index (χ1v) is 9.96. The molecule has 4 N–H and O–H groups in total. The maximum Gasteiger partial charge on any atom is 0.342 e. The van der Waals surface area contributed by atoms with E-state index in [1.165, 1.54) is 0 Å². The number of hydrogen-bond donors (Lipinski definition) is 3. The predicted molar refractivity (Wildman–Crippen MR) is 121 cm³/mol. The number of aromatic carboxylic acids is 1. The van der Waals surface area contributed by atoms with Gasteiger partial charge in [-0.1, -0.05) is 47.5 Å². The Balaban J connectivity index is 1.84. The second-order valence-electron chi connectivity index (χ2n) is 6.83. The molecule has 0 spiro atoms. The Bertz CT molecular complexity index is 1450. The molecule has 0 saturated carbocycles. The number of anilines is 1. The third-order valence-corrected chi connectivity index (χ3v) is 5.67. The molecule has 0 fully saturated rings. The monoisotopic (exact) mass is 471 g/mol. The van der Waals surface area contributed by atoms with Crippen molar-refractivity contribution in [2.24, 2.45) is 0 Å². The van der Waals surface area contributed by atoms with Crippen molar-refractivity contribution in [1.29, 1.82) is 0 Å². The van der Waals surface area contributed by atoms with Gasteiger partial charge in [0.15, 0.2) is 5.95 Å². The van der Waals surface area contributed by atoms with E-state index in [0.29, 0.717) is 16.9 Å². The lowest BCUT2D eigenvalue weighted by atomic mass is 10.1. The fraction of sp³-hybridized carbons (Fsp3) is 0.0476. The van der Waals surface area contributed by atoms with E-state index >= 15 is 0 Å². The molecule has 4 rings (SSSR count). The van der Waals surface area contributed by atoms with Gasteiger partial charge in [0, 0.05) is 6.20 Å². The standard InChI is InChI=1S/C21H15Cl2N5O4/c22-15-3-1-2-12(17(15)23)9-28-18(29)14(19(30)31)10-27(21(28)32)13-6-4-11(5-7-13)16-8-25-20(24)26-16/h1-8,10H,9H2,(H,30,31)(H3,24,25,26). The number of aromatic amines is 1. The number of nitrogens with one attached hydrogen (secondary N) is 1. The van der Waals surface area contributed by atoms with Gasteiger partial charge in [-0.05, 0) is 29.3 Å². The zero-order valence-corrected chi connectivity index (χ0v) is 17.8. The molecule has 0 saturated heterocycles. The number of carboxylic acid groups (broad SMARTS) is 1. The number of rotatable bonds is 5. The first kappa shape index (κ1) is 21.4. The molecule has 0 bridgehead atoms. The van der Waals surface area contributed by atoms with E-state index in [1.54, 1.807) is 48.7 Å². The van der Waals surface area contributed by atoms with Crippen molar-refractivity contribution in [3.8, 4) is 16.9 Å². The van der Waals surface area contributed by atoms with E-state index in [-0.39, 0.29) is 22.5 Å². The van der Waals surface area contributed by atoms with Crippen LogP contribution in [0.1, 0.15) is 15.9 Å². The minimum atomic E-state index is -1.46. The average molecular weight is 472 g/mol. The van der Waals surface area contributed by atoms with Gasteiger partial charge in [0.2, 0.25) is 0 Å². The molecule has 0 aliphatic carbocycles. The molecule has 2 heterocycles. The van der Waals surface area contributed by atoms with Crippen LogP contribution >= 0.6 is 23.2 Å². The number of aromatic nitrogens is 4. The average Bonchev–Trinajstić information content (AvgIpc) is 3.20. The van der Waals surface area contributed by atoms with Gasteiger partial charge < -0.3 is 15.8 Å². The predicted octanol–water partition coefficient (Wildman–Crippen LogP) is 3.02. The van der Waals surface area contributed by atoms with Gasteiger partial charge in [0.1, 0.15) is 5.56 Å². The third-order valence-electron chi connectivity index (χ3n) is 4.81. The summed E-state index contributed by atoms with van der Waals surface area (Å²) in [5.41, 5.74) is 5.55. The van der Waals surface area contributed by atoms with E-state index in [4.69, 9.17) is 28.9 Å². The summed E-state index contributed by atoms with van der Waals surface area (Å²) in [6.07, 6.45) is 2.57. The van der Waals surface area contributed by atoms with Crippen LogP contribution in [0, 0.1) is 0 Å². The number of nitrogens with two attached hydrogens (primary N) is 1. The van der Waals surface area contributed by atoms with Crippen LogP contribution in [0.4, 0.5) is 5.95 Å². The molecule has 0 aliphatic heterocycles. The number of nitrogen functional groups attached to an aromatic ring is 1. The third kappa shape index (κ3) is 3.91. The highest BCUT2D eigenvalue weighted by Crippen LogP contribution is 2.25. The lowest BCUT2D eigenvalue weighted by Gasteiger charge is -2.13. The van der Waals surface area contributed by atoms with Gasteiger partial charge in [-0.25, -0.2) is 14.6 Å². The van der Waals surface area contributed by atoms with Crippen molar-refractivity contribution in [3.05, 3.63) is 96.9 Å². The molecule has 9 nitrogen and oxygen atoms in total. The van der Waals surface area contributed by atoms with Crippen LogP contribution in [-0.4, -0.2) is 30.2 Å². The van der Waals surface area contributed by atoms with Crippen molar-refractivity contribution in [2.45, 2.75) is 6.54 Å². The largest absolute Gasteiger partial charge is 0.477 e. The minimum Gasteiger partial charge on any atom is -0.477 e. The number of nitrogens with zero attached hydrogens (tertiary/aromatic N) is 3. The number of carbonyl (C=O) groups is 1. The molecule has 11 heteroatoms. The Morgan fingerprint density at radius 1 is 1.12 bits per heavy atom. The first-order valence-electron chi connectivity index (χ1n) is 9.20. The van der Waals surface area contributed by atoms with Crippen molar-refractivity contribution in [2.75, 3.05) is 5.73 Å². The molecular formula is C21H15Cl2N5O4. The van der Waals surface area contributed by atoms with Crippen molar-refractivity contribution in [3.63, 3.8) is 0 Å². The molecule has 0 radical (unpaired) electrons. The Morgan fingerprint density at radius 2 is 1.84 bits per heavy atom.